The third kappa shape index (κ3) is 1.49. The molecule has 2 heterocycles. The second-order valence-electron chi connectivity index (χ2n) is 4.76. The number of carbonyl (C=O) groups excluding carboxylic acids is 2. The van der Waals surface area contributed by atoms with E-state index in [4.69, 9.17) is 8.48 Å². The summed E-state index contributed by atoms with van der Waals surface area (Å²) in [5.41, 5.74) is 4.15. The Hall–Kier alpha value is -2.57. The number of para-hydroxylation sites is 1. The molecule has 2 aliphatic rings. The van der Waals surface area contributed by atoms with Gasteiger partial charge in [0.15, 0.2) is 0 Å². The fourth-order valence-corrected chi connectivity index (χ4v) is 2.72. The molecule has 0 aromatic heterocycles. The van der Waals surface area contributed by atoms with Crippen LogP contribution < -0.4 is 11.1 Å². The molecule has 3 amide bonds. The molecule has 1 aromatic carbocycles. The van der Waals surface area contributed by atoms with Crippen LogP contribution in [0.4, 0.5) is 10.5 Å². The molecule has 1 fully saturated rings. The van der Waals surface area contributed by atoms with Crippen LogP contribution in [0.2, 0.25) is 0 Å². The summed E-state index contributed by atoms with van der Waals surface area (Å²) >= 11 is 0. The summed E-state index contributed by atoms with van der Waals surface area (Å²) in [4.78, 5) is 36.1. The molecular formula is C13H13N3O4. The maximum atomic E-state index is 12.5. The SMILES string of the molecule is [2H]C1([2H])[C@@H](C(N)=O)N(C(=O)O)C[C@@]12C(=O)Nc1ccccc12. The highest BCUT2D eigenvalue weighted by Crippen LogP contribution is 2.46. The minimum atomic E-state index is -2.46. The average Bonchev–Trinajstić information content (AvgIpc) is 2.84. The first kappa shape index (κ1) is 10.2. The summed E-state index contributed by atoms with van der Waals surface area (Å²) in [6, 6.07) is 4.71. The number of nitrogens with one attached hydrogen (secondary N) is 1. The Kier molecular flexibility index (Phi) is 2.03. The molecule has 1 spiro atoms. The number of nitrogens with two attached hydrogens (primary N) is 1. The second-order valence-corrected chi connectivity index (χ2v) is 4.76. The average molecular weight is 277 g/mol. The van der Waals surface area contributed by atoms with Crippen LogP contribution in [0.1, 0.15) is 14.7 Å². The third-order valence-corrected chi connectivity index (χ3v) is 3.64. The lowest BCUT2D eigenvalue weighted by Crippen LogP contribution is -2.43. The van der Waals surface area contributed by atoms with Crippen LogP contribution in [0, 0.1) is 0 Å². The van der Waals surface area contributed by atoms with Crippen molar-refractivity contribution < 1.29 is 22.2 Å². The number of benzene rings is 1. The van der Waals surface area contributed by atoms with Crippen LogP contribution in [0.3, 0.4) is 0 Å². The zero-order chi connectivity index (χ0) is 16.3. The summed E-state index contributed by atoms with van der Waals surface area (Å²) in [5.74, 6) is -1.80. The molecule has 0 saturated carbocycles. The maximum Gasteiger partial charge on any atom is 0.408 e. The molecule has 0 bridgehead atoms. The molecule has 1 saturated heterocycles. The first-order valence-corrected chi connectivity index (χ1v) is 5.93. The number of hydrogen-bond donors (Lipinski definition) is 3. The number of fused-ring (bicyclic) bond motifs is 2. The van der Waals surface area contributed by atoms with Crippen LogP contribution >= 0.6 is 0 Å². The Morgan fingerprint density at radius 2 is 2.20 bits per heavy atom. The summed E-state index contributed by atoms with van der Waals surface area (Å²) in [7, 11) is 0. The number of likely N-dealkylation sites (tertiary alicyclic amines) is 1. The number of hydrogen-bond acceptors (Lipinski definition) is 3. The monoisotopic (exact) mass is 277 g/mol. The van der Waals surface area contributed by atoms with Crippen molar-refractivity contribution in [1.82, 2.24) is 4.90 Å². The zero-order valence-electron chi connectivity index (χ0n) is 12.3. The van der Waals surface area contributed by atoms with Gasteiger partial charge < -0.3 is 16.2 Å². The van der Waals surface area contributed by atoms with E-state index in [1.165, 1.54) is 0 Å². The van der Waals surface area contributed by atoms with Crippen molar-refractivity contribution in [3.05, 3.63) is 29.8 Å². The topological polar surface area (TPSA) is 113 Å². The number of anilines is 1. The summed E-state index contributed by atoms with van der Waals surface area (Å²) < 4.78 is 16.6. The van der Waals surface area contributed by atoms with E-state index in [9.17, 15) is 19.5 Å². The predicted molar refractivity (Wildman–Crippen MR) is 69.1 cm³/mol. The fourth-order valence-electron chi connectivity index (χ4n) is 2.72. The molecular weight excluding hydrogens is 262 g/mol. The molecule has 20 heavy (non-hydrogen) atoms. The minimum absolute atomic E-state index is 0.333. The van der Waals surface area contributed by atoms with E-state index in [1.807, 2.05) is 0 Å². The first-order chi connectivity index (χ1) is 10.2. The highest BCUT2D eigenvalue weighted by molar-refractivity contribution is 6.07. The van der Waals surface area contributed by atoms with Gasteiger partial charge in [0.05, 0.1) is 5.41 Å². The Labute approximate surface area is 117 Å². The van der Waals surface area contributed by atoms with Crippen LogP contribution in [0.25, 0.3) is 0 Å². The second kappa shape index (κ2) is 3.96. The van der Waals surface area contributed by atoms with Crippen molar-refractivity contribution in [2.24, 2.45) is 5.73 Å². The van der Waals surface area contributed by atoms with Gasteiger partial charge in [-0.1, -0.05) is 18.2 Å². The van der Waals surface area contributed by atoms with Crippen LogP contribution in [-0.2, 0) is 15.0 Å². The predicted octanol–water partition coefficient (Wildman–Crippen LogP) is 0.114. The van der Waals surface area contributed by atoms with E-state index in [1.54, 1.807) is 24.3 Å². The van der Waals surface area contributed by atoms with Crippen LogP contribution in [-0.4, -0.2) is 40.5 Å². The van der Waals surface area contributed by atoms with E-state index in [0.717, 1.165) is 0 Å². The number of carboxylic acid groups (broad SMARTS) is 1. The van der Waals surface area contributed by atoms with Crippen molar-refractivity contribution >= 4 is 23.6 Å². The molecule has 0 aliphatic carbocycles. The van der Waals surface area contributed by atoms with E-state index in [0.29, 0.717) is 16.2 Å². The van der Waals surface area contributed by atoms with Crippen LogP contribution in [0.15, 0.2) is 24.3 Å². The zero-order valence-corrected chi connectivity index (χ0v) is 10.3. The van der Waals surface area contributed by atoms with Gasteiger partial charge in [-0.05, 0) is 18.0 Å². The molecule has 3 rings (SSSR count). The van der Waals surface area contributed by atoms with Crippen molar-refractivity contribution in [2.45, 2.75) is 17.8 Å². The lowest BCUT2D eigenvalue weighted by Gasteiger charge is -2.21. The third-order valence-electron chi connectivity index (χ3n) is 3.64. The van der Waals surface area contributed by atoms with Gasteiger partial charge in [0.2, 0.25) is 11.8 Å². The highest BCUT2D eigenvalue weighted by Gasteiger charge is 2.57. The molecule has 0 radical (unpaired) electrons. The van der Waals surface area contributed by atoms with Gasteiger partial charge in [-0.25, -0.2) is 4.79 Å². The number of rotatable bonds is 1. The van der Waals surface area contributed by atoms with E-state index >= 15 is 0 Å². The molecule has 1 aromatic rings. The van der Waals surface area contributed by atoms with Gasteiger partial charge in [-0.15, -0.1) is 0 Å². The molecule has 2 aliphatic heterocycles. The van der Waals surface area contributed by atoms with Crippen LogP contribution in [0.5, 0.6) is 0 Å². The number of carbonyl (C=O) groups is 3. The Bertz CT molecular complexity index is 708. The van der Waals surface area contributed by atoms with Gasteiger partial charge in [-0.3, -0.25) is 14.5 Å². The van der Waals surface area contributed by atoms with E-state index in [-0.39, 0.29) is 0 Å². The molecule has 7 heteroatoms. The van der Waals surface area contributed by atoms with Gasteiger partial charge >= 0.3 is 6.09 Å². The van der Waals surface area contributed by atoms with Gasteiger partial charge in [0, 0.05) is 15.0 Å². The maximum absolute atomic E-state index is 12.5. The van der Waals surface area contributed by atoms with Gasteiger partial charge in [0.25, 0.3) is 0 Å². The number of nitrogens with zero attached hydrogens (tertiary/aromatic N) is 1. The summed E-state index contributed by atoms with van der Waals surface area (Å²) in [5, 5.41) is 11.8. The molecule has 7 nitrogen and oxygen atoms in total. The lowest BCUT2D eigenvalue weighted by molar-refractivity contribution is -0.121. The molecule has 0 unspecified atom stereocenters. The quantitative estimate of drug-likeness (QED) is 0.676. The smallest absolute Gasteiger partial charge is 0.408 e. The Morgan fingerprint density at radius 3 is 2.80 bits per heavy atom. The van der Waals surface area contributed by atoms with Crippen molar-refractivity contribution in [2.75, 3.05) is 11.9 Å². The van der Waals surface area contributed by atoms with Crippen molar-refractivity contribution in [1.29, 1.82) is 0 Å². The molecule has 4 N–H and O–H groups in total. The normalized spacial score (nSPS) is 31.5. The first-order valence-electron chi connectivity index (χ1n) is 6.93. The van der Waals surface area contributed by atoms with Crippen molar-refractivity contribution in [3.8, 4) is 0 Å². The minimum Gasteiger partial charge on any atom is -0.465 e. The van der Waals surface area contributed by atoms with E-state index < -0.39 is 42.3 Å². The fraction of sp³-hybridized carbons (Fsp3) is 0.308. The number of primary amides is 1. The van der Waals surface area contributed by atoms with Gasteiger partial charge in [-0.2, -0.15) is 0 Å². The molecule has 104 valence electrons. The molecule has 2 atom stereocenters. The Morgan fingerprint density at radius 1 is 1.50 bits per heavy atom. The summed E-state index contributed by atoms with van der Waals surface area (Å²) in [6.07, 6.45) is -3.96. The number of amides is 3. The lowest BCUT2D eigenvalue weighted by atomic mass is 9.79. The van der Waals surface area contributed by atoms with E-state index in [2.05, 4.69) is 5.32 Å². The Balaban J connectivity index is 2.25. The largest absolute Gasteiger partial charge is 0.465 e. The standard InChI is InChI=1S/C13H13N3O4/c14-10(17)9-5-13(6-16(9)12(19)20)7-3-1-2-4-8(7)15-11(13)18/h1-4,9H,5-6H2,(H2,14,17)(H,15,18)(H,19,20)/t9-,13-/m0/s1/i5D2. The van der Waals surface area contributed by atoms with Gasteiger partial charge in [0.1, 0.15) is 6.04 Å². The summed E-state index contributed by atoms with van der Waals surface area (Å²) in [6.45, 7) is -0.466. The highest BCUT2D eigenvalue weighted by atomic mass is 16.4. The van der Waals surface area contributed by atoms with Crippen molar-refractivity contribution in [3.63, 3.8) is 0 Å².